The molecule has 0 aliphatic rings. The van der Waals surface area contributed by atoms with E-state index >= 15 is 0 Å². The lowest BCUT2D eigenvalue weighted by Gasteiger charge is -2.10. The van der Waals surface area contributed by atoms with Crippen LogP contribution in [0.4, 0.5) is 18.9 Å². The molecule has 0 bridgehead atoms. The van der Waals surface area contributed by atoms with Crippen molar-refractivity contribution in [2.45, 2.75) is 12.8 Å². The zero-order valence-corrected chi connectivity index (χ0v) is 11.5. The minimum absolute atomic E-state index is 0.0199. The monoisotopic (exact) mass is 314 g/mol. The lowest BCUT2D eigenvalue weighted by atomic mass is 10.2. The van der Waals surface area contributed by atoms with Crippen molar-refractivity contribution in [2.24, 2.45) is 0 Å². The third kappa shape index (κ3) is 4.01. The summed E-state index contributed by atoms with van der Waals surface area (Å²) in [5.74, 6) is -0.127. The van der Waals surface area contributed by atoms with Crippen LogP contribution in [0, 0.1) is 0 Å². The van der Waals surface area contributed by atoms with Gasteiger partial charge < -0.3 is 9.15 Å². The van der Waals surface area contributed by atoms with Crippen LogP contribution in [0.15, 0.2) is 40.8 Å². The fourth-order valence-corrected chi connectivity index (χ4v) is 1.68. The number of amides is 1. The van der Waals surface area contributed by atoms with Crippen LogP contribution < -0.4 is 10.9 Å². The molecule has 0 fully saturated rings. The number of hydrogen-bond donors (Lipinski definition) is 2. The maximum atomic E-state index is 12.6. The van der Waals surface area contributed by atoms with Gasteiger partial charge in [-0.2, -0.15) is 13.2 Å². The van der Waals surface area contributed by atoms with Crippen molar-refractivity contribution in [3.63, 3.8) is 0 Å². The topological polar surface area (TPSA) is 63.5 Å². The van der Waals surface area contributed by atoms with E-state index in [-0.39, 0.29) is 18.1 Å². The standard InChI is InChI=1S/C14H13F3N2O3/c1-21-8-11-5-6-12(22-11)13(20)19-18-10-4-2-3-9(7-10)14(15,16)17/h2-7,18H,8H2,1H3,(H,19,20). The summed E-state index contributed by atoms with van der Waals surface area (Å²) in [5.41, 5.74) is 3.96. The van der Waals surface area contributed by atoms with Crippen LogP contribution in [0.2, 0.25) is 0 Å². The fraction of sp³-hybridized carbons (Fsp3) is 0.214. The first-order valence-electron chi connectivity index (χ1n) is 6.21. The van der Waals surface area contributed by atoms with Gasteiger partial charge in [-0.25, -0.2) is 0 Å². The third-order valence-corrected chi connectivity index (χ3v) is 2.68. The second kappa shape index (κ2) is 6.52. The molecule has 5 nitrogen and oxygen atoms in total. The van der Waals surface area contributed by atoms with Crippen molar-refractivity contribution in [3.05, 3.63) is 53.5 Å². The summed E-state index contributed by atoms with van der Waals surface area (Å²) in [5, 5.41) is 0. The Kier molecular flexibility index (Phi) is 4.71. The van der Waals surface area contributed by atoms with Crippen LogP contribution in [0.5, 0.6) is 0 Å². The normalized spacial score (nSPS) is 11.3. The molecule has 0 unspecified atom stereocenters. The highest BCUT2D eigenvalue weighted by Crippen LogP contribution is 2.30. The summed E-state index contributed by atoms with van der Waals surface area (Å²) in [7, 11) is 1.48. The van der Waals surface area contributed by atoms with Crippen molar-refractivity contribution in [3.8, 4) is 0 Å². The zero-order chi connectivity index (χ0) is 16.2. The Bertz CT molecular complexity index is 653. The lowest BCUT2D eigenvalue weighted by Crippen LogP contribution is -2.29. The molecule has 1 amide bonds. The van der Waals surface area contributed by atoms with E-state index in [2.05, 4.69) is 10.9 Å². The maximum absolute atomic E-state index is 12.6. The van der Waals surface area contributed by atoms with Gasteiger partial charge in [0.05, 0.1) is 11.3 Å². The van der Waals surface area contributed by atoms with Crippen LogP contribution in [0.25, 0.3) is 0 Å². The van der Waals surface area contributed by atoms with E-state index in [0.29, 0.717) is 5.76 Å². The molecule has 0 atom stereocenters. The van der Waals surface area contributed by atoms with Gasteiger partial charge in [0.1, 0.15) is 12.4 Å². The van der Waals surface area contributed by atoms with Crippen molar-refractivity contribution in [2.75, 3.05) is 12.5 Å². The molecule has 1 aromatic carbocycles. The SMILES string of the molecule is COCc1ccc(C(=O)NNc2cccc(C(F)(F)F)c2)o1. The molecular weight excluding hydrogens is 301 g/mol. The van der Waals surface area contributed by atoms with Gasteiger partial charge in [-0.1, -0.05) is 6.07 Å². The molecule has 8 heteroatoms. The first-order chi connectivity index (χ1) is 10.4. The first kappa shape index (κ1) is 15.9. The molecule has 1 heterocycles. The van der Waals surface area contributed by atoms with Gasteiger partial charge in [0.25, 0.3) is 0 Å². The minimum atomic E-state index is -4.45. The van der Waals surface area contributed by atoms with E-state index in [4.69, 9.17) is 9.15 Å². The molecule has 0 aliphatic heterocycles. The molecule has 2 aromatic rings. The van der Waals surface area contributed by atoms with Gasteiger partial charge in [-0.05, 0) is 30.3 Å². The number of carbonyl (C=O) groups excluding carboxylic acids is 1. The second-order valence-electron chi connectivity index (χ2n) is 4.36. The van der Waals surface area contributed by atoms with Gasteiger partial charge in [0.2, 0.25) is 0 Å². The molecule has 0 aliphatic carbocycles. The van der Waals surface area contributed by atoms with Crippen LogP contribution in [0.3, 0.4) is 0 Å². The Morgan fingerprint density at radius 3 is 2.73 bits per heavy atom. The average Bonchev–Trinajstić information content (AvgIpc) is 2.93. The van der Waals surface area contributed by atoms with Gasteiger partial charge in [0, 0.05) is 7.11 Å². The number of alkyl halides is 3. The number of hydrazine groups is 1. The smallest absolute Gasteiger partial charge is 0.416 e. The average molecular weight is 314 g/mol. The number of benzene rings is 1. The van der Waals surface area contributed by atoms with Crippen LogP contribution in [-0.2, 0) is 17.5 Å². The number of carbonyl (C=O) groups is 1. The number of hydrogen-bond acceptors (Lipinski definition) is 4. The highest BCUT2D eigenvalue weighted by Gasteiger charge is 2.30. The van der Waals surface area contributed by atoms with E-state index in [0.717, 1.165) is 12.1 Å². The molecule has 1 aromatic heterocycles. The molecule has 2 rings (SSSR count). The number of methoxy groups -OCH3 is 1. The van der Waals surface area contributed by atoms with Crippen molar-refractivity contribution >= 4 is 11.6 Å². The van der Waals surface area contributed by atoms with E-state index in [1.807, 2.05) is 0 Å². The molecule has 22 heavy (non-hydrogen) atoms. The quantitative estimate of drug-likeness (QED) is 0.832. The number of rotatable bonds is 5. The Morgan fingerprint density at radius 1 is 1.27 bits per heavy atom. The fourth-order valence-electron chi connectivity index (χ4n) is 1.68. The van der Waals surface area contributed by atoms with E-state index in [1.54, 1.807) is 6.07 Å². The zero-order valence-electron chi connectivity index (χ0n) is 11.5. The molecule has 2 N–H and O–H groups in total. The number of nitrogens with one attached hydrogen (secondary N) is 2. The lowest BCUT2D eigenvalue weighted by molar-refractivity contribution is -0.137. The molecule has 118 valence electrons. The predicted octanol–water partition coefficient (Wildman–Crippen LogP) is 3.20. The van der Waals surface area contributed by atoms with Gasteiger partial charge in [-0.3, -0.25) is 15.6 Å². The van der Waals surface area contributed by atoms with Crippen LogP contribution in [-0.4, -0.2) is 13.0 Å². The van der Waals surface area contributed by atoms with Crippen molar-refractivity contribution in [1.82, 2.24) is 5.43 Å². The van der Waals surface area contributed by atoms with Gasteiger partial charge in [0.15, 0.2) is 5.76 Å². The summed E-state index contributed by atoms with van der Waals surface area (Å²) >= 11 is 0. The third-order valence-electron chi connectivity index (χ3n) is 2.68. The van der Waals surface area contributed by atoms with Crippen LogP contribution >= 0.6 is 0 Å². The Hall–Kier alpha value is -2.48. The summed E-state index contributed by atoms with van der Waals surface area (Å²) < 4.78 is 47.7. The highest BCUT2D eigenvalue weighted by atomic mass is 19.4. The number of ether oxygens (including phenoxy) is 1. The second-order valence-corrected chi connectivity index (χ2v) is 4.36. The van der Waals surface area contributed by atoms with Crippen molar-refractivity contribution < 1.29 is 27.1 Å². The predicted molar refractivity (Wildman–Crippen MR) is 72.0 cm³/mol. The van der Waals surface area contributed by atoms with E-state index in [9.17, 15) is 18.0 Å². The Balaban J connectivity index is 1.98. The Labute approximate surface area is 124 Å². The maximum Gasteiger partial charge on any atom is 0.416 e. The van der Waals surface area contributed by atoms with Crippen molar-refractivity contribution in [1.29, 1.82) is 0 Å². The van der Waals surface area contributed by atoms with Gasteiger partial charge in [-0.15, -0.1) is 0 Å². The summed E-state index contributed by atoms with van der Waals surface area (Å²) in [4.78, 5) is 11.8. The van der Waals surface area contributed by atoms with E-state index in [1.165, 1.54) is 25.3 Å². The first-order valence-corrected chi connectivity index (χ1v) is 6.21. The molecule has 0 saturated heterocycles. The summed E-state index contributed by atoms with van der Waals surface area (Å²) in [6.45, 7) is 0.217. The number of furan rings is 1. The largest absolute Gasteiger partial charge is 0.453 e. The highest BCUT2D eigenvalue weighted by molar-refractivity contribution is 5.92. The summed E-state index contributed by atoms with van der Waals surface area (Å²) in [6, 6.07) is 7.48. The van der Waals surface area contributed by atoms with Crippen LogP contribution in [0.1, 0.15) is 21.9 Å². The molecule has 0 spiro atoms. The summed E-state index contributed by atoms with van der Waals surface area (Å²) in [6.07, 6.45) is -4.45. The van der Waals surface area contributed by atoms with E-state index < -0.39 is 17.6 Å². The molecular formula is C14H13F3N2O3. The minimum Gasteiger partial charge on any atom is -0.453 e. The molecule has 0 saturated carbocycles. The van der Waals surface area contributed by atoms with Gasteiger partial charge >= 0.3 is 12.1 Å². The number of anilines is 1. The number of halogens is 3. The molecule has 0 radical (unpaired) electrons. The Morgan fingerprint density at radius 2 is 2.05 bits per heavy atom.